The standard InChI is InChI=1S/C19H27BrN2O4/c1-25-19(24)17-9-16(20)10-21-18(17)22-5-2-14(15(11-22)12-23)8-13-3-6-26-7-4-13/h9-10,13-15,23H,2-8,11-12H2,1H3. The van der Waals surface area contributed by atoms with Crippen molar-refractivity contribution in [3.63, 3.8) is 0 Å². The van der Waals surface area contributed by atoms with Crippen LogP contribution >= 0.6 is 15.9 Å². The molecule has 0 bridgehead atoms. The van der Waals surface area contributed by atoms with E-state index in [2.05, 4.69) is 25.8 Å². The van der Waals surface area contributed by atoms with Gasteiger partial charge in [0.25, 0.3) is 0 Å². The van der Waals surface area contributed by atoms with E-state index in [1.807, 2.05) is 0 Å². The molecule has 3 heterocycles. The number of hydrogen-bond acceptors (Lipinski definition) is 6. The van der Waals surface area contributed by atoms with Gasteiger partial charge in [0.1, 0.15) is 11.4 Å². The molecule has 0 radical (unpaired) electrons. The maximum Gasteiger partial charge on any atom is 0.341 e. The Morgan fingerprint density at radius 3 is 2.85 bits per heavy atom. The highest BCUT2D eigenvalue weighted by Crippen LogP contribution is 2.35. The highest BCUT2D eigenvalue weighted by Gasteiger charge is 2.33. The summed E-state index contributed by atoms with van der Waals surface area (Å²) in [5, 5.41) is 9.95. The molecule has 1 N–H and O–H groups in total. The summed E-state index contributed by atoms with van der Waals surface area (Å²) in [6, 6.07) is 1.75. The SMILES string of the molecule is COC(=O)c1cc(Br)cnc1N1CCC(CC2CCOCC2)C(CO)C1. The number of carbonyl (C=O) groups excluding carboxylic acids is 1. The molecule has 0 aliphatic carbocycles. The fraction of sp³-hybridized carbons (Fsp3) is 0.684. The van der Waals surface area contributed by atoms with Crippen LogP contribution in [0.5, 0.6) is 0 Å². The molecule has 1 aromatic rings. The number of piperidine rings is 1. The van der Waals surface area contributed by atoms with Gasteiger partial charge in [-0.15, -0.1) is 0 Å². The summed E-state index contributed by atoms with van der Waals surface area (Å²) < 4.78 is 11.1. The number of methoxy groups -OCH3 is 1. The summed E-state index contributed by atoms with van der Waals surface area (Å²) in [5.74, 6) is 1.66. The van der Waals surface area contributed by atoms with Crippen LogP contribution in [0.4, 0.5) is 5.82 Å². The van der Waals surface area contributed by atoms with Gasteiger partial charge in [-0.25, -0.2) is 9.78 Å². The van der Waals surface area contributed by atoms with Gasteiger partial charge in [-0.05, 0) is 59.5 Å². The third-order valence-corrected chi connectivity index (χ3v) is 6.07. The Hall–Kier alpha value is -1.18. The van der Waals surface area contributed by atoms with Gasteiger partial charge >= 0.3 is 5.97 Å². The molecule has 2 atom stereocenters. The number of pyridine rings is 1. The molecule has 2 aliphatic heterocycles. The lowest BCUT2D eigenvalue weighted by Gasteiger charge is -2.40. The Morgan fingerprint density at radius 1 is 1.38 bits per heavy atom. The van der Waals surface area contributed by atoms with Crippen LogP contribution in [-0.4, -0.2) is 56.1 Å². The van der Waals surface area contributed by atoms with Gasteiger partial charge in [0.2, 0.25) is 0 Å². The molecule has 0 amide bonds. The molecule has 1 aromatic heterocycles. The molecule has 2 saturated heterocycles. The minimum absolute atomic E-state index is 0.161. The minimum atomic E-state index is -0.390. The fourth-order valence-corrected chi connectivity index (χ4v) is 4.48. The van der Waals surface area contributed by atoms with Crippen LogP contribution in [0.15, 0.2) is 16.7 Å². The largest absolute Gasteiger partial charge is 0.465 e. The molecule has 0 spiro atoms. The Bertz CT molecular complexity index is 622. The summed E-state index contributed by atoms with van der Waals surface area (Å²) in [5.41, 5.74) is 0.460. The second kappa shape index (κ2) is 9.15. The number of aromatic nitrogens is 1. The van der Waals surface area contributed by atoms with Crippen LogP contribution in [0.1, 0.15) is 36.0 Å². The van der Waals surface area contributed by atoms with Crippen molar-refractivity contribution in [2.75, 3.05) is 44.9 Å². The Kier molecular flexibility index (Phi) is 6.89. The molecular formula is C19H27BrN2O4. The molecule has 144 valence electrons. The summed E-state index contributed by atoms with van der Waals surface area (Å²) in [6.07, 6.45) is 6.10. The van der Waals surface area contributed by atoms with E-state index in [9.17, 15) is 9.90 Å². The minimum Gasteiger partial charge on any atom is -0.465 e. The number of anilines is 1. The lowest BCUT2D eigenvalue weighted by atomic mass is 9.78. The highest BCUT2D eigenvalue weighted by molar-refractivity contribution is 9.10. The zero-order valence-electron chi connectivity index (χ0n) is 15.2. The topological polar surface area (TPSA) is 71.9 Å². The van der Waals surface area contributed by atoms with E-state index in [0.717, 1.165) is 49.9 Å². The van der Waals surface area contributed by atoms with Crippen LogP contribution < -0.4 is 4.90 Å². The number of aliphatic hydroxyl groups is 1. The number of aliphatic hydroxyl groups excluding tert-OH is 1. The monoisotopic (exact) mass is 426 g/mol. The normalized spacial score (nSPS) is 24.5. The van der Waals surface area contributed by atoms with Gasteiger partial charge < -0.3 is 19.5 Å². The van der Waals surface area contributed by atoms with E-state index in [0.29, 0.717) is 29.8 Å². The second-order valence-electron chi connectivity index (χ2n) is 7.25. The number of halogens is 1. The molecule has 2 unspecified atom stereocenters. The molecule has 0 aromatic carbocycles. The van der Waals surface area contributed by atoms with Crippen molar-refractivity contribution in [3.8, 4) is 0 Å². The zero-order chi connectivity index (χ0) is 18.5. The van der Waals surface area contributed by atoms with E-state index in [-0.39, 0.29) is 12.5 Å². The first-order valence-corrected chi connectivity index (χ1v) is 10.1. The first-order valence-electron chi connectivity index (χ1n) is 9.29. The van der Waals surface area contributed by atoms with Gasteiger partial charge in [0, 0.05) is 49.5 Å². The van der Waals surface area contributed by atoms with Crippen LogP contribution in [-0.2, 0) is 9.47 Å². The van der Waals surface area contributed by atoms with Gasteiger partial charge in [-0.2, -0.15) is 0 Å². The summed E-state index contributed by atoms with van der Waals surface area (Å²) in [4.78, 5) is 18.7. The fourth-order valence-electron chi connectivity index (χ4n) is 4.14. The third-order valence-electron chi connectivity index (χ3n) is 5.64. The van der Waals surface area contributed by atoms with Crippen molar-refractivity contribution in [2.45, 2.75) is 25.7 Å². The summed E-state index contributed by atoms with van der Waals surface area (Å²) in [6.45, 7) is 3.43. The highest BCUT2D eigenvalue weighted by atomic mass is 79.9. The lowest BCUT2D eigenvalue weighted by molar-refractivity contribution is 0.0479. The molecule has 2 fully saturated rings. The molecule has 7 heteroatoms. The Morgan fingerprint density at radius 2 is 2.15 bits per heavy atom. The van der Waals surface area contributed by atoms with Gasteiger partial charge in [-0.1, -0.05) is 0 Å². The number of nitrogens with zero attached hydrogens (tertiary/aromatic N) is 2. The van der Waals surface area contributed by atoms with Crippen LogP contribution in [0.3, 0.4) is 0 Å². The average molecular weight is 427 g/mol. The predicted octanol–water partition coefficient (Wildman–Crippen LogP) is 2.88. The summed E-state index contributed by atoms with van der Waals surface area (Å²) in [7, 11) is 1.38. The van der Waals surface area contributed by atoms with E-state index in [1.54, 1.807) is 12.3 Å². The molecule has 2 aliphatic rings. The number of carbonyl (C=O) groups is 1. The number of rotatable bonds is 5. The van der Waals surface area contributed by atoms with E-state index >= 15 is 0 Å². The molecule has 26 heavy (non-hydrogen) atoms. The Labute approximate surface area is 163 Å². The summed E-state index contributed by atoms with van der Waals surface area (Å²) >= 11 is 3.37. The van der Waals surface area contributed by atoms with Crippen molar-refractivity contribution in [3.05, 3.63) is 22.3 Å². The molecule has 0 saturated carbocycles. The van der Waals surface area contributed by atoms with Gasteiger partial charge in [0.05, 0.1) is 7.11 Å². The van der Waals surface area contributed by atoms with Gasteiger partial charge in [0.15, 0.2) is 0 Å². The maximum atomic E-state index is 12.1. The van der Waals surface area contributed by atoms with Crippen LogP contribution in [0.2, 0.25) is 0 Å². The van der Waals surface area contributed by atoms with E-state index in [1.165, 1.54) is 7.11 Å². The molecule has 6 nitrogen and oxygen atoms in total. The van der Waals surface area contributed by atoms with Crippen molar-refractivity contribution in [1.29, 1.82) is 0 Å². The number of esters is 1. The van der Waals surface area contributed by atoms with E-state index < -0.39 is 5.97 Å². The van der Waals surface area contributed by atoms with Crippen molar-refractivity contribution < 1.29 is 19.4 Å². The first-order chi connectivity index (χ1) is 12.6. The second-order valence-corrected chi connectivity index (χ2v) is 8.16. The smallest absolute Gasteiger partial charge is 0.341 e. The first kappa shape index (κ1) is 19.6. The zero-order valence-corrected chi connectivity index (χ0v) is 16.8. The predicted molar refractivity (Wildman–Crippen MR) is 102 cm³/mol. The van der Waals surface area contributed by atoms with Gasteiger partial charge in [-0.3, -0.25) is 0 Å². The van der Waals surface area contributed by atoms with Crippen molar-refractivity contribution >= 4 is 27.7 Å². The lowest BCUT2D eigenvalue weighted by Crippen LogP contribution is -2.43. The molecule has 3 rings (SSSR count). The van der Waals surface area contributed by atoms with E-state index in [4.69, 9.17) is 9.47 Å². The quantitative estimate of drug-likeness (QED) is 0.729. The average Bonchev–Trinajstić information content (AvgIpc) is 2.68. The van der Waals surface area contributed by atoms with Crippen LogP contribution in [0.25, 0.3) is 0 Å². The molecular weight excluding hydrogens is 400 g/mol. The Balaban J connectivity index is 1.71. The maximum absolute atomic E-state index is 12.1. The third kappa shape index (κ3) is 4.56. The van der Waals surface area contributed by atoms with Crippen LogP contribution in [0, 0.1) is 17.8 Å². The number of ether oxygens (including phenoxy) is 2. The van der Waals surface area contributed by atoms with Crippen molar-refractivity contribution in [1.82, 2.24) is 4.98 Å². The number of hydrogen-bond donors (Lipinski definition) is 1. The van der Waals surface area contributed by atoms with Crippen molar-refractivity contribution in [2.24, 2.45) is 17.8 Å².